The van der Waals surface area contributed by atoms with E-state index in [0.29, 0.717) is 6.42 Å². The number of benzene rings is 1. The van der Waals surface area contributed by atoms with Crippen molar-refractivity contribution in [1.29, 1.82) is 0 Å². The maximum absolute atomic E-state index is 12.1. The molecule has 2 rings (SSSR count). The molecule has 1 aliphatic carbocycles. The summed E-state index contributed by atoms with van der Waals surface area (Å²) in [6.07, 6.45) is 4.58. The van der Waals surface area contributed by atoms with Gasteiger partial charge in [0.25, 0.3) is 0 Å². The monoisotopic (exact) mass is 294 g/mol. The Morgan fingerprint density at radius 2 is 2.40 bits per heavy atom. The van der Waals surface area contributed by atoms with Gasteiger partial charge in [0.1, 0.15) is 5.75 Å². The fourth-order valence-corrected chi connectivity index (χ4v) is 3.11. The Morgan fingerprint density at radius 1 is 1.60 bits per heavy atom. The molecule has 1 amide bonds. The molecule has 0 aliphatic heterocycles. The summed E-state index contributed by atoms with van der Waals surface area (Å²) in [5.74, 6) is 1.76. The number of fused-ring (bicyclic) bond motifs is 1. The van der Waals surface area contributed by atoms with Crippen molar-refractivity contribution in [3.63, 3.8) is 0 Å². The zero-order valence-corrected chi connectivity index (χ0v) is 12.8. The minimum absolute atomic E-state index is 0.0558. The van der Waals surface area contributed by atoms with Gasteiger partial charge in [0, 0.05) is 0 Å². The van der Waals surface area contributed by atoms with Crippen LogP contribution in [0.5, 0.6) is 5.75 Å². The topological polar surface area (TPSA) is 64.3 Å². The van der Waals surface area contributed by atoms with E-state index >= 15 is 0 Å². The Balaban J connectivity index is 2.02. The van der Waals surface area contributed by atoms with Crippen molar-refractivity contribution < 1.29 is 9.53 Å². The Morgan fingerprint density at radius 3 is 3.10 bits per heavy atom. The van der Waals surface area contributed by atoms with Gasteiger partial charge in [0.05, 0.1) is 19.2 Å². The van der Waals surface area contributed by atoms with Gasteiger partial charge in [-0.2, -0.15) is 11.8 Å². The second-order valence-electron chi connectivity index (χ2n) is 5.02. The number of ether oxygens (including phenoxy) is 1. The highest BCUT2D eigenvalue weighted by Crippen LogP contribution is 2.36. The van der Waals surface area contributed by atoms with Crippen LogP contribution in [0, 0.1) is 0 Å². The summed E-state index contributed by atoms with van der Waals surface area (Å²) in [6, 6.07) is 5.64. The van der Waals surface area contributed by atoms with E-state index in [0.717, 1.165) is 29.9 Å². The van der Waals surface area contributed by atoms with Crippen LogP contribution in [0.15, 0.2) is 18.2 Å². The number of nitrogens with one attached hydrogen (secondary N) is 1. The maximum atomic E-state index is 12.1. The number of hydrogen-bond donors (Lipinski definition) is 2. The summed E-state index contributed by atoms with van der Waals surface area (Å²) < 4.78 is 5.37. The fraction of sp³-hybridized carbons (Fsp3) is 0.533. The summed E-state index contributed by atoms with van der Waals surface area (Å²) >= 11 is 1.71. The smallest absolute Gasteiger partial charge is 0.237 e. The minimum Gasteiger partial charge on any atom is -0.496 e. The zero-order valence-electron chi connectivity index (χ0n) is 12.0. The molecule has 110 valence electrons. The summed E-state index contributed by atoms with van der Waals surface area (Å²) in [7, 11) is 1.68. The van der Waals surface area contributed by atoms with Crippen LogP contribution in [0.1, 0.15) is 30.0 Å². The lowest BCUT2D eigenvalue weighted by atomic mass is 10.1. The molecule has 0 aromatic heterocycles. The predicted octanol–water partition coefficient (Wildman–Crippen LogP) is 1.88. The first-order valence-electron chi connectivity index (χ1n) is 6.88. The molecule has 0 bridgehead atoms. The lowest BCUT2D eigenvalue weighted by Gasteiger charge is -2.18. The predicted molar refractivity (Wildman–Crippen MR) is 83.2 cm³/mol. The Labute approximate surface area is 124 Å². The molecule has 5 heteroatoms. The van der Waals surface area contributed by atoms with E-state index in [1.165, 1.54) is 5.56 Å². The van der Waals surface area contributed by atoms with Crippen molar-refractivity contribution in [2.75, 3.05) is 19.1 Å². The van der Waals surface area contributed by atoms with Crippen molar-refractivity contribution in [3.8, 4) is 5.75 Å². The Bertz CT molecular complexity index is 479. The summed E-state index contributed by atoms with van der Waals surface area (Å²) in [5.41, 5.74) is 8.28. The molecule has 0 spiro atoms. The van der Waals surface area contributed by atoms with Crippen LogP contribution in [0.3, 0.4) is 0 Å². The number of hydrogen-bond acceptors (Lipinski definition) is 4. The number of rotatable bonds is 6. The molecule has 0 heterocycles. The lowest BCUT2D eigenvalue weighted by Crippen LogP contribution is -2.42. The third kappa shape index (κ3) is 3.27. The van der Waals surface area contributed by atoms with E-state index in [2.05, 4.69) is 11.4 Å². The molecule has 4 nitrogen and oxygen atoms in total. The van der Waals surface area contributed by atoms with E-state index in [1.54, 1.807) is 18.9 Å². The van der Waals surface area contributed by atoms with Crippen molar-refractivity contribution in [2.45, 2.75) is 31.3 Å². The van der Waals surface area contributed by atoms with Gasteiger partial charge < -0.3 is 15.8 Å². The van der Waals surface area contributed by atoms with Crippen LogP contribution in [0.2, 0.25) is 0 Å². The van der Waals surface area contributed by atoms with Crippen LogP contribution in [0.4, 0.5) is 0 Å². The molecule has 0 saturated heterocycles. The number of amides is 1. The fourth-order valence-electron chi connectivity index (χ4n) is 2.62. The van der Waals surface area contributed by atoms with Gasteiger partial charge in [-0.15, -0.1) is 0 Å². The number of carbonyl (C=O) groups excluding carboxylic acids is 1. The third-order valence-electron chi connectivity index (χ3n) is 3.73. The van der Waals surface area contributed by atoms with Crippen LogP contribution in [-0.2, 0) is 11.2 Å². The maximum Gasteiger partial charge on any atom is 0.237 e. The molecule has 0 radical (unpaired) electrons. The van der Waals surface area contributed by atoms with Crippen molar-refractivity contribution >= 4 is 17.7 Å². The van der Waals surface area contributed by atoms with Crippen LogP contribution < -0.4 is 15.8 Å². The van der Waals surface area contributed by atoms with Gasteiger partial charge in [-0.05, 0) is 48.5 Å². The van der Waals surface area contributed by atoms with Gasteiger partial charge in [0.15, 0.2) is 0 Å². The highest BCUT2D eigenvalue weighted by atomic mass is 32.2. The lowest BCUT2D eigenvalue weighted by molar-refractivity contribution is -0.123. The first-order chi connectivity index (χ1) is 9.67. The number of carbonyl (C=O) groups is 1. The van der Waals surface area contributed by atoms with Gasteiger partial charge in [-0.1, -0.05) is 12.1 Å². The van der Waals surface area contributed by atoms with E-state index < -0.39 is 6.04 Å². The third-order valence-corrected chi connectivity index (χ3v) is 4.38. The summed E-state index contributed by atoms with van der Waals surface area (Å²) in [6.45, 7) is 0. The van der Waals surface area contributed by atoms with Gasteiger partial charge >= 0.3 is 0 Å². The number of methoxy groups -OCH3 is 1. The number of thioether (sulfide) groups is 1. The van der Waals surface area contributed by atoms with Crippen molar-refractivity contribution in [2.24, 2.45) is 5.73 Å². The Hall–Kier alpha value is -1.20. The largest absolute Gasteiger partial charge is 0.496 e. The van der Waals surface area contributed by atoms with Crippen molar-refractivity contribution in [3.05, 3.63) is 29.3 Å². The van der Waals surface area contributed by atoms with Crippen molar-refractivity contribution in [1.82, 2.24) is 5.32 Å². The molecule has 20 heavy (non-hydrogen) atoms. The van der Waals surface area contributed by atoms with Gasteiger partial charge in [-0.25, -0.2) is 0 Å². The molecular formula is C15H22N2O2S. The Kier molecular flexibility index (Phi) is 5.31. The van der Waals surface area contributed by atoms with E-state index in [-0.39, 0.29) is 11.9 Å². The molecule has 2 atom stereocenters. The number of nitrogens with two attached hydrogens (primary N) is 1. The second kappa shape index (κ2) is 6.99. The molecular weight excluding hydrogens is 272 g/mol. The van der Waals surface area contributed by atoms with Crippen LogP contribution in [-0.4, -0.2) is 31.1 Å². The SMILES string of the molecule is COc1cccc2c1CCC2NC(=O)[C@@H](N)CCSC. The molecule has 0 saturated carbocycles. The zero-order chi connectivity index (χ0) is 14.5. The summed E-state index contributed by atoms with van der Waals surface area (Å²) in [5, 5.41) is 3.07. The van der Waals surface area contributed by atoms with Gasteiger partial charge in [-0.3, -0.25) is 4.79 Å². The molecule has 0 fully saturated rings. The van der Waals surface area contributed by atoms with Crippen LogP contribution in [0.25, 0.3) is 0 Å². The molecule has 1 unspecified atom stereocenters. The quantitative estimate of drug-likeness (QED) is 0.841. The average molecular weight is 294 g/mol. The molecule has 1 aromatic rings. The first-order valence-corrected chi connectivity index (χ1v) is 8.27. The molecule has 3 N–H and O–H groups in total. The standard InChI is InChI=1S/C15H22N2O2S/c1-19-14-5-3-4-10-11(14)6-7-13(10)17-15(18)12(16)8-9-20-2/h3-5,12-13H,6-9,16H2,1-2H3,(H,17,18)/t12-,13?/m0/s1. The van der Waals surface area contributed by atoms with E-state index in [9.17, 15) is 4.79 Å². The first kappa shape index (κ1) is 15.2. The highest BCUT2D eigenvalue weighted by molar-refractivity contribution is 7.98. The van der Waals surface area contributed by atoms with E-state index in [4.69, 9.17) is 10.5 Å². The highest BCUT2D eigenvalue weighted by Gasteiger charge is 2.27. The van der Waals surface area contributed by atoms with E-state index in [1.807, 2.05) is 18.4 Å². The summed E-state index contributed by atoms with van der Waals surface area (Å²) in [4.78, 5) is 12.1. The van der Waals surface area contributed by atoms with Gasteiger partial charge in [0.2, 0.25) is 5.91 Å². The normalized spacial score (nSPS) is 18.4. The molecule has 1 aromatic carbocycles. The van der Waals surface area contributed by atoms with Crippen LogP contribution >= 0.6 is 11.8 Å². The molecule has 1 aliphatic rings. The minimum atomic E-state index is -0.419. The average Bonchev–Trinajstić information content (AvgIpc) is 2.87. The second-order valence-corrected chi connectivity index (χ2v) is 6.00.